The zero-order chi connectivity index (χ0) is 12.3. The molecule has 0 aromatic carbocycles. The summed E-state index contributed by atoms with van der Waals surface area (Å²) in [4.78, 5) is 2.55. The van der Waals surface area contributed by atoms with Crippen LogP contribution in [-0.4, -0.2) is 30.1 Å². The molecule has 1 aromatic rings. The lowest BCUT2D eigenvalue weighted by atomic mass is 10.00. The van der Waals surface area contributed by atoms with Crippen molar-refractivity contribution in [3.8, 4) is 0 Å². The van der Waals surface area contributed by atoms with Crippen molar-refractivity contribution in [2.24, 2.45) is 5.92 Å². The van der Waals surface area contributed by atoms with Crippen molar-refractivity contribution in [3.05, 3.63) is 24.2 Å². The van der Waals surface area contributed by atoms with E-state index in [9.17, 15) is 0 Å². The molecule has 0 spiro atoms. The lowest BCUT2D eigenvalue weighted by molar-refractivity contribution is 0.124. The van der Waals surface area contributed by atoms with Crippen molar-refractivity contribution < 1.29 is 4.42 Å². The van der Waals surface area contributed by atoms with E-state index in [2.05, 4.69) is 37.1 Å². The molecule has 1 saturated heterocycles. The van der Waals surface area contributed by atoms with Crippen LogP contribution in [0.3, 0.4) is 0 Å². The molecule has 1 aliphatic rings. The van der Waals surface area contributed by atoms with Crippen LogP contribution < -0.4 is 5.32 Å². The van der Waals surface area contributed by atoms with Crippen LogP contribution in [0.4, 0.5) is 0 Å². The Morgan fingerprint density at radius 2 is 2.35 bits per heavy atom. The van der Waals surface area contributed by atoms with E-state index in [0.717, 1.165) is 25.6 Å². The maximum atomic E-state index is 5.14. The summed E-state index contributed by atoms with van der Waals surface area (Å²) < 4.78 is 5.14. The van der Waals surface area contributed by atoms with Gasteiger partial charge in [-0.15, -0.1) is 0 Å². The molecule has 2 rings (SSSR count). The van der Waals surface area contributed by atoms with Crippen LogP contribution in [0.2, 0.25) is 0 Å². The Kier molecular flexibility index (Phi) is 4.24. The molecule has 2 unspecified atom stereocenters. The van der Waals surface area contributed by atoms with Crippen molar-refractivity contribution in [3.63, 3.8) is 0 Å². The second kappa shape index (κ2) is 5.69. The molecule has 1 aliphatic heterocycles. The first-order valence-electron chi connectivity index (χ1n) is 6.63. The summed E-state index contributed by atoms with van der Waals surface area (Å²) in [5.41, 5.74) is 1.28. The molecular weight excluding hydrogens is 212 g/mol. The quantitative estimate of drug-likeness (QED) is 0.870. The molecule has 0 bridgehead atoms. The lowest BCUT2D eigenvalue weighted by Crippen LogP contribution is -2.55. The monoisotopic (exact) mass is 236 g/mol. The van der Waals surface area contributed by atoms with Gasteiger partial charge in [0, 0.05) is 37.3 Å². The van der Waals surface area contributed by atoms with Gasteiger partial charge in [0.2, 0.25) is 0 Å². The second-order valence-corrected chi connectivity index (χ2v) is 5.64. The average molecular weight is 236 g/mol. The Balaban J connectivity index is 1.90. The number of furan rings is 1. The number of hydrogen-bond acceptors (Lipinski definition) is 3. The summed E-state index contributed by atoms with van der Waals surface area (Å²) in [7, 11) is 0. The summed E-state index contributed by atoms with van der Waals surface area (Å²) >= 11 is 0. The van der Waals surface area contributed by atoms with Gasteiger partial charge in [0.15, 0.2) is 0 Å². The number of rotatable bonds is 4. The summed E-state index contributed by atoms with van der Waals surface area (Å²) in [6, 6.07) is 3.30. The summed E-state index contributed by atoms with van der Waals surface area (Å²) in [5, 5.41) is 3.64. The van der Waals surface area contributed by atoms with E-state index in [1.54, 1.807) is 6.26 Å². The van der Waals surface area contributed by atoms with Crippen LogP contribution >= 0.6 is 0 Å². The first-order valence-corrected chi connectivity index (χ1v) is 6.63. The van der Waals surface area contributed by atoms with Gasteiger partial charge in [-0.3, -0.25) is 4.90 Å². The summed E-state index contributed by atoms with van der Waals surface area (Å²) in [5.74, 6) is 0.761. The predicted octanol–water partition coefficient (Wildman–Crippen LogP) is 2.49. The normalized spacial score (nSPS) is 26.6. The smallest absolute Gasteiger partial charge is 0.0947 e. The van der Waals surface area contributed by atoms with Gasteiger partial charge < -0.3 is 9.73 Å². The van der Waals surface area contributed by atoms with Crippen LogP contribution in [-0.2, 0) is 6.54 Å². The number of nitrogens with one attached hydrogen (secondary N) is 1. The molecule has 0 saturated carbocycles. The molecule has 96 valence electrons. The molecule has 0 radical (unpaired) electrons. The van der Waals surface area contributed by atoms with Gasteiger partial charge in [-0.25, -0.2) is 0 Å². The van der Waals surface area contributed by atoms with Gasteiger partial charge in [-0.05, 0) is 25.3 Å². The van der Waals surface area contributed by atoms with Gasteiger partial charge in [0.1, 0.15) is 0 Å². The molecule has 1 fully saturated rings. The Hall–Kier alpha value is -0.800. The third kappa shape index (κ3) is 3.58. The van der Waals surface area contributed by atoms with E-state index >= 15 is 0 Å². The largest absolute Gasteiger partial charge is 0.472 e. The van der Waals surface area contributed by atoms with E-state index in [4.69, 9.17) is 4.42 Å². The average Bonchev–Trinajstić information content (AvgIpc) is 2.75. The molecule has 2 heterocycles. The van der Waals surface area contributed by atoms with Crippen molar-refractivity contribution in [2.75, 3.05) is 13.1 Å². The summed E-state index contributed by atoms with van der Waals surface area (Å²) in [6.45, 7) is 10.1. The van der Waals surface area contributed by atoms with Crippen LogP contribution in [0.15, 0.2) is 23.0 Å². The first-order chi connectivity index (χ1) is 8.15. The zero-order valence-electron chi connectivity index (χ0n) is 11.1. The highest BCUT2D eigenvalue weighted by atomic mass is 16.3. The van der Waals surface area contributed by atoms with Crippen LogP contribution in [0.1, 0.15) is 32.8 Å². The fourth-order valence-electron chi connectivity index (χ4n) is 2.56. The molecule has 1 aromatic heterocycles. The highest BCUT2D eigenvalue weighted by Gasteiger charge is 2.25. The Bertz CT molecular complexity index is 321. The molecule has 2 atom stereocenters. The van der Waals surface area contributed by atoms with Gasteiger partial charge in [-0.2, -0.15) is 0 Å². The molecule has 3 nitrogen and oxygen atoms in total. The standard InChI is InChI=1S/C14H24N2O/c1-11(2)6-14-9-16(12(3)7-15-14)8-13-4-5-17-10-13/h4-5,10-12,14-15H,6-9H2,1-3H3. The van der Waals surface area contributed by atoms with E-state index in [0.29, 0.717) is 12.1 Å². The topological polar surface area (TPSA) is 28.4 Å². The Morgan fingerprint density at radius 1 is 1.53 bits per heavy atom. The SMILES string of the molecule is CC(C)CC1CN(Cc2ccoc2)C(C)CN1. The van der Waals surface area contributed by atoms with E-state index in [1.165, 1.54) is 12.0 Å². The van der Waals surface area contributed by atoms with Crippen LogP contribution in [0.5, 0.6) is 0 Å². The maximum Gasteiger partial charge on any atom is 0.0947 e. The molecular formula is C14H24N2O. The molecule has 3 heteroatoms. The highest BCUT2D eigenvalue weighted by Crippen LogP contribution is 2.16. The van der Waals surface area contributed by atoms with Crippen LogP contribution in [0.25, 0.3) is 0 Å². The molecule has 0 amide bonds. The zero-order valence-corrected chi connectivity index (χ0v) is 11.1. The van der Waals surface area contributed by atoms with E-state index in [1.807, 2.05) is 6.26 Å². The van der Waals surface area contributed by atoms with Gasteiger partial charge in [0.25, 0.3) is 0 Å². The molecule has 17 heavy (non-hydrogen) atoms. The lowest BCUT2D eigenvalue weighted by Gasteiger charge is -2.39. The minimum absolute atomic E-state index is 0.605. The van der Waals surface area contributed by atoms with E-state index in [-0.39, 0.29) is 0 Å². The van der Waals surface area contributed by atoms with Gasteiger partial charge in [0.05, 0.1) is 12.5 Å². The number of piperazine rings is 1. The van der Waals surface area contributed by atoms with Gasteiger partial charge >= 0.3 is 0 Å². The minimum Gasteiger partial charge on any atom is -0.472 e. The Morgan fingerprint density at radius 3 is 3.00 bits per heavy atom. The first kappa shape index (κ1) is 12.7. The fraction of sp³-hybridized carbons (Fsp3) is 0.714. The summed E-state index contributed by atoms with van der Waals surface area (Å²) in [6.07, 6.45) is 4.87. The second-order valence-electron chi connectivity index (χ2n) is 5.64. The number of hydrogen-bond donors (Lipinski definition) is 1. The van der Waals surface area contributed by atoms with Crippen molar-refractivity contribution in [1.29, 1.82) is 0 Å². The predicted molar refractivity (Wildman–Crippen MR) is 69.8 cm³/mol. The molecule has 1 N–H and O–H groups in total. The van der Waals surface area contributed by atoms with E-state index < -0.39 is 0 Å². The third-order valence-electron chi connectivity index (χ3n) is 3.50. The molecule has 0 aliphatic carbocycles. The van der Waals surface area contributed by atoms with Crippen molar-refractivity contribution >= 4 is 0 Å². The van der Waals surface area contributed by atoms with Crippen LogP contribution in [0, 0.1) is 5.92 Å². The van der Waals surface area contributed by atoms with Crippen molar-refractivity contribution in [2.45, 2.75) is 45.8 Å². The minimum atomic E-state index is 0.605. The fourth-order valence-corrected chi connectivity index (χ4v) is 2.56. The highest BCUT2D eigenvalue weighted by molar-refractivity contribution is 5.05. The Labute approximate surface area is 104 Å². The number of nitrogens with zero attached hydrogens (tertiary/aromatic N) is 1. The maximum absolute atomic E-state index is 5.14. The third-order valence-corrected chi connectivity index (χ3v) is 3.50. The van der Waals surface area contributed by atoms with Crippen molar-refractivity contribution in [1.82, 2.24) is 10.2 Å². The van der Waals surface area contributed by atoms with Gasteiger partial charge in [-0.1, -0.05) is 13.8 Å².